The lowest BCUT2D eigenvalue weighted by Gasteiger charge is -2.17. The lowest BCUT2D eigenvalue weighted by molar-refractivity contribution is -0.117. The number of benzene rings is 2. The second kappa shape index (κ2) is 7.32. The van der Waals surface area contributed by atoms with Crippen molar-refractivity contribution in [2.45, 2.75) is 13.3 Å². The first-order valence-corrected chi connectivity index (χ1v) is 11.4. The Morgan fingerprint density at radius 1 is 1.21 bits per heavy atom. The third kappa shape index (κ3) is 4.20. The summed E-state index contributed by atoms with van der Waals surface area (Å²) < 4.78 is 52.7. The van der Waals surface area contributed by atoms with Crippen molar-refractivity contribution >= 4 is 37.5 Å². The monoisotopic (exact) mass is 425 g/mol. The Hall–Kier alpha value is -2.79. The normalized spacial score (nSPS) is 16.0. The van der Waals surface area contributed by atoms with Crippen LogP contribution in [0.5, 0.6) is 5.75 Å². The highest BCUT2D eigenvalue weighted by atomic mass is 32.2. The quantitative estimate of drug-likeness (QED) is 0.630. The van der Waals surface area contributed by atoms with E-state index in [0.29, 0.717) is 23.2 Å². The van der Waals surface area contributed by atoms with Gasteiger partial charge in [-0.15, -0.1) is 0 Å². The van der Waals surface area contributed by atoms with Crippen LogP contribution in [0.1, 0.15) is 18.1 Å². The molecule has 9 nitrogen and oxygen atoms in total. The molecule has 1 saturated heterocycles. The number of anilines is 2. The van der Waals surface area contributed by atoms with Crippen LogP contribution >= 0.6 is 0 Å². The summed E-state index contributed by atoms with van der Waals surface area (Å²) >= 11 is 0. The van der Waals surface area contributed by atoms with Gasteiger partial charge in [0.15, 0.2) is 0 Å². The van der Waals surface area contributed by atoms with Gasteiger partial charge in [-0.3, -0.25) is 9.52 Å². The summed E-state index contributed by atoms with van der Waals surface area (Å²) in [5.74, 6) is -1.04. The molecular formula is C17H19N3O6S2. The minimum Gasteiger partial charge on any atom is -0.506 e. The summed E-state index contributed by atoms with van der Waals surface area (Å²) in [7, 11) is -7.46. The van der Waals surface area contributed by atoms with Crippen LogP contribution in [0.25, 0.3) is 0 Å². The van der Waals surface area contributed by atoms with Crippen molar-refractivity contribution in [1.82, 2.24) is 4.72 Å². The molecule has 2 aromatic rings. The first-order chi connectivity index (χ1) is 13.1. The second-order valence-corrected chi connectivity index (χ2v) is 9.81. The number of nitrogens with one attached hydrogen (secondary N) is 2. The minimum atomic E-state index is -4.02. The zero-order chi connectivity index (χ0) is 20.5. The predicted octanol–water partition coefficient (Wildman–Crippen LogP) is 0.926. The average Bonchev–Trinajstić information content (AvgIpc) is 2.89. The molecule has 0 bridgehead atoms. The Morgan fingerprint density at radius 2 is 1.93 bits per heavy atom. The van der Waals surface area contributed by atoms with Crippen molar-refractivity contribution in [1.29, 1.82) is 0 Å². The standard InChI is InChI=1S/C17H19N3O6S2/c1-2-27(23,24)18-14-6-4-3-5-13(14)9-12-7-8-15(16(21)10-12)20-11-17(22)19-28(20,25)26/h3-8,10,18,21H,2,9,11H2,1H3,(H,19,22). The molecule has 1 aliphatic rings. The van der Waals surface area contributed by atoms with Gasteiger partial charge in [-0.05, 0) is 42.7 Å². The molecule has 1 heterocycles. The van der Waals surface area contributed by atoms with Crippen LogP contribution in [0.15, 0.2) is 42.5 Å². The molecule has 0 aliphatic carbocycles. The smallest absolute Gasteiger partial charge is 0.326 e. The highest BCUT2D eigenvalue weighted by Gasteiger charge is 2.35. The number of phenols is 1. The van der Waals surface area contributed by atoms with Crippen molar-refractivity contribution in [3.8, 4) is 5.75 Å². The zero-order valence-electron chi connectivity index (χ0n) is 14.9. The number of carbonyl (C=O) groups excluding carboxylic acids is 1. The molecule has 0 atom stereocenters. The highest BCUT2D eigenvalue weighted by molar-refractivity contribution is 7.92. The summed E-state index contributed by atoms with van der Waals surface area (Å²) in [4.78, 5) is 11.4. The summed E-state index contributed by atoms with van der Waals surface area (Å²) in [6, 6.07) is 11.3. The van der Waals surface area contributed by atoms with E-state index < -0.39 is 32.7 Å². The first kappa shape index (κ1) is 20.0. The van der Waals surface area contributed by atoms with Crippen LogP contribution in [0, 0.1) is 0 Å². The van der Waals surface area contributed by atoms with Crippen LogP contribution in [0.2, 0.25) is 0 Å². The number of phenolic OH excluding ortho intramolecular Hbond substituents is 1. The van der Waals surface area contributed by atoms with Gasteiger partial charge < -0.3 is 5.11 Å². The molecule has 0 saturated carbocycles. The number of hydrogen-bond acceptors (Lipinski definition) is 6. The fourth-order valence-electron chi connectivity index (χ4n) is 2.78. The molecule has 150 valence electrons. The Morgan fingerprint density at radius 3 is 2.54 bits per heavy atom. The molecule has 3 N–H and O–H groups in total. The van der Waals surface area contributed by atoms with Gasteiger partial charge in [-0.2, -0.15) is 8.42 Å². The van der Waals surface area contributed by atoms with Gasteiger partial charge in [0, 0.05) is 0 Å². The third-order valence-corrected chi connectivity index (χ3v) is 6.87. The predicted molar refractivity (Wildman–Crippen MR) is 105 cm³/mol. The van der Waals surface area contributed by atoms with Gasteiger partial charge in [0.25, 0.3) is 5.91 Å². The van der Waals surface area contributed by atoms with E-state index in [0.717, 1.165) is 4.31 Å². The van der Waals surface area contributed by atoms with E-state index in [-0.39, 0.29) is 17.2 Å². The van der Waals surface area contributed by atoms with E-state index in [1.807, 2.05) is 4.72 Å². The van der Waals surface area contributed by atoms with Gasteiger partial charge in [-0.25, -0.2) is 17.4 Å². The van der Waals surface area contributed by atoms with Gasteiger partial charge >= 0.3 is 10.2 Å². The van der Waals surface area contributed by atoms with Crippen LogP contribution in [-0.4, -0.2) is 40.1 Å². The minimum absolute atomic E-state index is 0.0120. The van der Waals surface area contributed by atoms with E-state index in [1.54, 1.807) is 30.3 Å². The van der Waals surface area contributed by atoms with Crippen molar-refractivity contribution in [3.63, 3.8) is 0 Å². The fourth-order valence-corrected chi connectivity index (χ4v) is 4.63. The maximum atomic E-state index is 11.9. The molecular weight excluding hydrogens is 406 g/mol. The maximum Gasteiger partial charge on any atom is 0.326 e. The first-order valence-electron chi connectivity index (χ1n) is 8.35. The number of amides is 1. The molecule has 1 amide bonds. The molecule has 0 unspecified atom stereocenters. The van der Waals surface area contributed by atoms with Gasteiger partial charge in [0.05, 0.1) is 17.1 Å². The van der Waals surface area contributed by atoms with Crippen LogP contribution in [0.3, 0.4) is 0 Å². The molecule has 28 heavy (non-hydrogen) atoms. The van der Waals surface area contributed by atoms with E-state index in [2.05, 4.69) is 4.72 Å². The SMILES string of the molecule is CCS(=O)(=O)Nc1ccccc1Cc1ccc(N2CC(=O)NS2(=O)=O)c(O)c1. The number of nitrogens with zero attached hydrogens (tertiary/aromatic N) is 1. The lowest BCUT2D eigenvalue weighted by atomic mass is 10.0. The van der Waals surface area contributed by atoms with Crippen LogP contribution in [-0.2, 0) is 31.4 Å². The summed E-state index contributed by atoms with van der Waals surface area (Å²) in [6.45, 7) is 1.13. The fraction of sp³-hybridized carbons (Fsp3) is 0.235. The van der Waals surface area contributed by atoms with E-state index in [4.69, 9.17) is 0 Å². The van der Waals surface area contributed by atoms with Crippen molar-refractivity contribution in [3.05, 3.63) is 53.6 Å². The molecule has 3 rings (SSSR count). The Kier molecular flexibility index (Phi) is 5.22. The van der Waals surface area contributed by atoms with Crippen LogP contribution in [0.4, 0.5) is 11.4 Å². The number of rotatable bonds is 6. The number of hydrogen-bond donors (Lipinski definition) is 3. The third-order valence-electron chi connectivity index (χ3n) is 4.19. The molecule has 0 radical (unpaired) electrons. The van der Waals surface area contributed by atoms with Gasteiger partial charge in [-0.1, -0.05) is 24.3 Å². The Labute approximate surface area is 163 Å². The number of sulfonamides is 1. The Balaban J connectivity index is 1.88. The molecule has 1 aliphatic heterocycles. The Bertz CT molecular complexity index is 1130. The number of carbonyl (C=O) groups is 1. The highest BCUT2D eigenvalue weighted by Crippen LogP contribution is 2.32. The molecule has 11 heteroatoms. The number of para-hydroxylation sites is 1. The average molecular weight is 425 g/mol. The molecule has 2 aromatic carbocycles. The van der Waals surface area contributed by atoms with E-state index in [9.17, 15) is 26.7 Å². The summed E-state index contributed by atoms with van der Waals surface area (Å²) in [5, 5.41) is 10.3. The maximum absolute atomic E-state index is 11.9. The zero-order valence-corrected chi connectivity index (χ0v) is 16.5. The topological polar surface area (TPSA) is 133 Å². The van der Waals surface area contributed by atoms with E-state index in [1.165, 1.54) is 19.1 Å². The van der Waals surface area contributed by atoms with Crippen LogP contribution < -0.4 is 13.7 Å². The number of aromatic hydroxyl groups is 1. The lowest BCUT2D eigenvalue weighted by Crippen LogP contribution is -2.29. The molecule has 1 fully saturated rings. The van der Waals surface area contributed by atoms with Crippen molar-refractivity contribution in [2.24, 2.45) is 0 Å². The van der Waals surface area contributed by atoms with E-state index >= 15 is 0 Å². The molecule has 0 spiro atoms. The summed E-state index contributed by atoms with van der Waals surface area (Å²) in [6.07, 6.45) is 0.306. The summed E-state index contributed by atoms with van der Waals surface area (Å²) in [5.41, 5.74) is 1.75. The molecule has 0 aromatic heterocycles. The van der Waals surface area contributed by atoms with Gasteiger partial charge in [0.2, 0.25) is 10.0 Å². The largest absolute Gasteiger partial charge is 0.506 e. The van der Waals surface area contributed by atoms with Gasteiger partial charge in [0.1, 0.15) is 12.3 Å². The van der Waals surface area contributed by atoms with Crippen molar-refractivity contribution < 1.29 is 26.7 Å². The second-order valence-electron chi connectivity index (χ2n) is 6.20. The van der Waals surface area contributed by atoms with Crippen molar-refractivity contribution in [2.75, 3.05) is 21.3 Å².